The van der Waals surface area contributed by atoms with Crippen LogP contribution in [0.4, 0.5) is 24.9 Å². The van der Waals surface area contributed by atoms with Crippen LogP contribution in [-0.4, -0.2) is 35.5 Å². The summed E-state index contributed by atoms with van der Waals surface area (Å²) in [6, 6.07) is 0.818. The van der Waals surface area contributed by atoms with E-state index in [0.717, 1.165) is 6.07 Å². The fraction of sp³-hybridized carbons (Fsp3) is 0.583. The van der Waals surface area contributed by atoms with Crippen molar-refractivity contribution in [3.05, 3.63) is 11.8 Å². The van der Waals surface area contributed by atoms with Gasteiger partial charge in [-0.1, -0.05) is 0 Å². The quantitative estimate of drug-likeness (QED) is 0.716. The first kappa shape index (κ1) is 17.0. The van der Waals surface area contributed by atoms with Crippen molar-refractivity contribution in [2.75, 3.05) is 30.3 Å². The molecule has 0 aliphatic carbocycles. The molecular formula is C12H18F3N5O. The minimum absolute atomic E-state index is 0.0255. The fourth-order valence-corrected chi connectivity index (χ4v) is 1.51. The zero-order valence-electron chi connectivity index (χ0n) is 11.8. The van der Waals surface area contributed by atoms with E-state index in [1.165, 1.54) is 0 Å². The molecule has 0 aliphatic rings. The summed E-state index contributed by atoms with van der Waals surface area (Å²) in [5.41, 5.74) is -1.03. The third-order valence-electron chi connectivity index (χ3n) is 2.38. The Bertz CT molecular complexity index is 478. The Hall–Kier alpha value is -2.06. The number of hydrogen-bond donors (Lipinski definition) is 3. The number of anilines is 2. The number of carbonyl (C=O) groups is 1. The second-order valence-electron chi connectivity index (χ2n) is 4.12. The molecule has 0 bridgehead atoms. The molecule has 21 heavy (non-hydrogen) atoms. The van der Waals surface area contributed by atoms with Gasteiger partial charge < -0.3 is 16.0 Å². The zero-order chi connectivity index (χ0) is 15.9. The Balaban J connectivity index is 2.76. The highest BCUT2D eigenvalue weighted by Gasteiger charge is 2.33. The molecule has 1 rings (SSSR count). The molecule has 0 aliphatic heterocycles. The Morgan fingerprint density at radius 1 is 1.19 bits per heavy atom. The lowest BCUT2D eigenvalue weighted by Crippen LogP contribution is -2.25. The predicted molar refractivity (Wildman–Crippen MR) is 73.0 cm³/mol. The lowest BCUT2D eigenvalue weighted by Gasteiger charge is -2.12. The molecule has 1 heterocycles. The van der Waals surface area contributed by atoms with Gasteiger partial charge in [0.15, 0.2) is 5.69 Å². The minimum Gasteiger partial charge on any atom is -0.369 e. The van der Waals surface area contributed by atoms with E-state index >= 15 is 0 Å². The molecule has 1 aromatic rings. The van der Waals surface area contributed by atoms with Crippen LogP contribution in [0.15, 0.2) is 6.07 Å². The Morgan fingerprint density at radius 2 is 1.90 bits per heavy atom. The van der Waals surface area contributed by atoms with Crippen molar-refractivity contribution in [1.82, 2.24) is 15.3 Å². The summed E-state index contributed by atoms with van der Waals surface area (Å²) in [5.74, 6) is -0.257. The second kappa shape index (κ2) is 7.65. The van der Waals surface area contributed by atoms with E-state index in [2.05, 4.69) is 25.9 Å². The summed E-state index contributed by atoms with van der Waals surface area (Å²) >= 11 is 0. The molecule has 9 heteroatoms. The molecular weight excluding hydrogens is 287 g/mol. The second-order valence-corrected chi connectivity index (χ2v) is 4.12. The van der Waals surface area contributed by atoms with Gasteiger partial charge in [0, 0.05) is 32.1 Å². The highest BCUT2D eigenvalue weighted by molar-refractivity contribution is 5.76. The van der Waals surface area contributed by atoms with E-state index in [1.54, 1.807) is 13.8 Å². The summed E-state index contributed by atoms with van der Waals surface area (Å²) in [6.45, 7) is 4.61. The number of carbonyl (C=O) groups excluding carboxylic acids is 1. The number of halogens is 3. The van der Waals surface area contributed by atoms with Crippen LogP contribution in [0.3, 0.4) is 0 Å². The average Bonchev–Trinajstić information content (AvgIpc) is 2.38. The number of amides is 1. The largest absolute Gasteiger partial charge is 0.433 e. The van der Waals surface area contributed by atoms with Gasteiger partial charge in [0.1, 0.15) is 5.82 Å². The van der Waals surface area contributed by atoms with Crippen LogP contribution in [0.5, 0.6) is 0 Å². The molecule has 0 radical (unpaired) electrons. The van der Waals surface area contributed by atoms with Crippen LogP contribution >= 0.6 is 0 Å². The number of rotatable bonds is 7. The lowest BCUT2D eigenvalue weighted by molar-refractivity contribution is -0.141. The van der Waals surface area contributed by atoms with Crippen molar-refractivity contribution >= 4 is 17.7 Å². The van der Waals surface area contributed by atoms with Crippen LogP contribution in [0.2, 0.25) is 0 Å². The van der Waals surface area contributed by atoms with Gasteiger partial charge in [-0.15, -0.1) is 0 Å². The van der Waals surface area contributed by atoms with Gasteiger partial charge >= 0.3 is 6.18 Å². The van der Waals surface area contributed by atoms with Crippen molar-refractivity contribution in [2.45, 2.75) is 26.4 Å². The fourth-order valence-electron chi connectivity index (χ4n) is 1.51. The maximum atomic E-state index is 12.7. The molecule has 0 saturated carbocycles. The molecule has 3 N–H and O–H groups in total. The summed E-state index contributed by atoms with van der Waals surface area (Å²) in [7, 11) is 0. The highest BCUT2D eigenvalue weighted by Crippen LogP contribution is 2.29. The Labute approximate surface area is 120 Å². The standard InChI is InChI=1S/C12H18F3N5O/c1-3-16-10(21)5-6-18-9-7-8(12(13,14)15)19-11(20-9)17-4-2/h7H,3-6H2,1-2H3,(H,16,21)(H2,17,18,19,20). The van der Waals surface area contributed by atoms with Gasteiger partial charge in [-0.05, 0) is 13.8 Å². The van der Waals surface area contributed by atoms with E-state index in [9.17, 15) is 18.0 Å². The summed E-state index contributed by atoms with van der Waals surface area (Å²) < 4.78 is 38.2. The molecule has 0 spiro atoms. The molecule has 118 valence electrons. The number of hydrogen-bond acceptors (Lipinski definition) is 5. The van der Waals surface area contributed by atoms with Gasteiger partial charge in [-0.25, -0.2) is 4.98 Å². The van der Waals surface area contributed by atoms with Crippen molar-refractivity contribution in [3.8, 4) is 0 Å². The molecule has 0 aromatic carbocycles. The van der Waals surface area contributed by atoms with E-state index in [0.29, 0.717) is 13.1 Å². The van der Waals surface area contributed by atoms with Crippen LogP contribution in [0, 0.1) is 0 Å². The van der Waals surface area contributed by atoms with Gasteiger partial charge in [-0.3, -0.25) is 4.79 Å². The smallest absolute Gasteiger partial charge is 0.369 e. The SMILES string of the molecule is CCNC(=O)CCNc1cc(C(F)(F)F)nc(NCC)n1. The Morgan fingerprint density at radius 3 is 2.48 bits per heavy atom. The van der Waals surface area contributed by atoms with E-state index < -0.39 is 11.9 Å². The maximum absolute atomic E-state index is 12.7. The van der Waals surface area contributed by atoms with E-state index in [-0.39, 0.29) is 30.6 Å². The molecule has 1 amide bonds. The zero-order valence-corrected chi connectivity index (χ0v) is 11.8. The predicted octanol–water partition coefficient (Wildman–Crippen LogP) is 1.87. The van der Waals surface area contributed by atoms with E-state index in [4.69, 9.17) is 0 Å². The summed E-state index contributed by atoms with van der Waals surface area (Å²) in [6.07, 6.45) is -4.40. The van der Waals surface area contributed by atoms with Crippen LogP contribution in [0.1, 0.15) is 26.0 Å². The monoisotopic (exact) mass is 305 g/mol. The third kappa shape index (κ3) is 5.84. The van der Waals surface area contributed by atoms with E-state index in [1.807, 2.05) is 0 Å². The molecule has 1 aromatic heterocycles. The van der Waals surface area contributed by atoms with Crippen LogP contribution < -0.4 is 16.0 Å². The molecule has 0 fully saturated rings. The molecule has 6 nitrogen and oxygen atoms in total. The first-order valence-electron chi connectivity index (χ1n) is 6.57. The van der Waals surface area contributed by atoms with Gasteiger partial charge in [0.2, 0.25) is 11.9 Å². The van der Waals surface area contributed by atoms with Gasteiger partial charge in [0.25, 0.3) is 0 Å². The molecule has 0 saturated heterocycles. The first-order chi connectivity index (χ1) is 9.86. The highest BCUT2D eigenvalue weighted by atomic mass is 19.4. The van der Waals surface area contributed by atoms with Crippen LogP contribution in [-0.2, 0) is 11.0 Å². The third-order valence-corrected chi connectivity index (χ3v) is 2.38. The van der Waals surface area contributed by atoms with Crippen molar-refractivity contribution < 1.29 is 18.0 Å². The van der Waals surface area contributed by atoms with Gasteiger partial charge in [0.05, 0.1) is 0 Å². The average molecular weight is 305 g/mol. The first-order valence-corrected chi connectivity index (χ1v) is 6.57. The minimum atomic E-state index is -4.55. The number of nitrogens with one attached hydrogen (secondary N) is 3. The van der Waals surface area contributed by atoms with Crippen molar-refractivity contribution in [3.63, 3.8) is 0 Å². The number of aromatic nitrogens is 2. The maximum Gasteiger partial charge on any atom is 0.433 e. The number of nitrogens with zero attached hydrogens (tertiary/aromatic N) is 2. The summed E-state index contributed by atoms with van der Waals surface area (Å²) in [5, 5.41) is 7.93. The van der Waals surface area contributed by atoms with Crippen molar-refractivity contribution in [1.29, 1.82) is 0 Å². The molecule has 0 atom stereocenters. The van der Waals surface area contributed by atoms with Gasteiger partial charge in [-0.2, -0.15) is 18.2 Å². The number of alkyl halides is 3. The Kier molecular flexibility index (Phi) is 6.19. The van der Waals surface area contributed by atoms with Crippen molar-refractivity contribution in [2.24, 2.45) is 0 Å². The normalized spacial score (nSPS) is 11.1. The summed E-state index contributed by atoms with van der Waals surface area (Å²) in [4.78, 5) is 18.6. The molecule has 0 unspecified atom stereocenters. The topological polar surface area (TPSA) is 78.9 Å². The lowest BCUT2D eigenvalue weighted by atomic mass is 10.3. The van der Waals surface area contributed by atoms with Crippen LogP contribution in [0.25, 0.3) is 0 Å².